The lowest BCUT2D eigenvalue weighted by Gasteiger charge is -2.32. The van der Waals surface area contributed by atoms with Gasteiger partial charge in [0.15, 0.2) is 0 Å². The molecule has 2 rings (SSSR count). The Hall–Kier alpha value is -2.48. The number of nitrogens with zero attached hydrogens (tertiary/aromatic N) is 1. The molecule has 0 atom stereocenters. The molecule has 0 amide bonds. The van der Waals surface area contributed by atoms with Crippen LogP contribution in [-0.2, 0) is 13.0 Å². The summed E-state index contributed by atoms with van der Waals surface area (Å²) in [6.45, 7) is 21.0. The number of rotatable bonds is 9. The molecule has 1 aromatic carbocycles. The fourth-order valence-corrected chi connectivity index (χ4v) is 3.49. The van der Waals surface area contributed by atoms with E-state index < -0.39 is 0 Å². The third-order valence-corrected chi connectivity index (χ3v) is 5.16. The van der Waals surface area contributed by atoms with Crippen molar-refractivity contribution in [3.63, 3.8) is 0 Å². The van der Waals surface area contributed by atoms with Gasteiger partial charge in [0.1, 0.15) is 0 Å². The van der Waals surface area contributed by atoms with E-state index in [0.717, 1.165) is 50.2 Å². The number of benzene rings is 1. The molecule has 0 unspecified atom stereocenters. The zero-order chi connectivity index (χ0) is 20.5. The van der Waals surface area contributed by atoms with Crippen molar-refractivity contribution in [1.29, 1.82) is 0 Å². The predicted octanol–water partition coefficient (Wildman–Crippen LogP) is 6.50. The van der Waals surface area contributed by atoms with Gasteiger partial charge in [-0.25, -0.2) is 0 Å². The molecule has 1 heterocycles. The van der Waals surface area contributed by atoms with Crippen molar-refractivity contribution >= 4 is 0 Å². The fraction of sp³-hybridized carbons (Fsp3) is 0.385. The minimum absolute atomic E-state index is 0.616. The predicted molar refractivity (Wildman–Crippen MR) is 123 cm³/mol. The van der Waals surface area contributed by atoms with Gasteiger partial charge >= 0.3 is 0 Å². The molecule has 150 valence electrons. The Kier molecular flexibility index (Phi) is 8.38. The highest BCUT2D eigenvalue weighted by Crippen LogP contribution is 2.30. The molecular weight excluding hydrogens is 340 g/mol. The maximum atomic E-state index is 4.45. The second kappa shape index (κ2) is 10.8. The van der Waals surface area contributed by atoms with Gasteiger partial charge in [0.2, 0.25) is 0 Å². The normalized spacial score (nSPS) is 17.2. The maximum absolute atomic E-state index is 4.45. The summed E-state index contributed by atoms with van der Waals surface area (Å²) in [6, 6.07) is 8.75. The largest absolute Gasteiger partial charge is 0.389 e. The maximum Gasteiger partial charge on any atom is 0.0481 e. The number of aryl methyl sites for hydroxylation is 1. The van der Waals surface area contributed by atoms with E-state index in [9.17, 15) is 0 Å². The van der Waals surface area contributed by atoms with E-state index >= 15 is 0 Å². The third-order valence-electron chi connectivity index (χ3n) is 5.16. The first-order valence-corrected chi connectivity index (χ1v) is 10.4. The van der Waals surface area contributed by atoms with E-state index in [1.807, 2.05) is 6.08 Å². The van der Waals surface area contributed by atoms with Crippen LogP contribution < -0.4 is 5.32 Å². The molecule has 0 bridgehead atoms. The summed E-state index contributed by atoms with van der Waals surface area (Å²) in [5.74, 6) is 0.616. The lowest BCUT2D eigenvalue weighted by atomic mass is 9.94. The fourth-order valence-electron chi connectivity index (χ4n) is 3.49. The van der Waals surface area contributed by atoms with Gasteiger partial charge in [0.05, 0.1) is 0 Å². The minimum Gasteiger partial charge on any atom is -0.389 e. The van der Waals surface area contributed by atoms with Crippen LogP contribution in [0.2, 0.25) is 0 Å². The molecule has 0 aromatic heterocycles. The molecule has 1 aliphatic rings. The number of allylic oxidation sites excluding steroid dienone is 6. The summed E-state index contributed by atoms with van der Waals surface area (Å²) in [5, 5.41) is 3.44. The van der Waals surface area contributed by atoms with Crippen molar-refractivity contribution in [2.45, 2.75) is 53.0 Å². The van der Waals surface area contributed by atoms with Gasteiger partial charge in [-0.2, -0.15) is 0 Å². The van der Waals surface area contributed by atoms with Gasteiger partial charge < -0.3 is 10.2 Å². The summed E-state index contributed by atoms with van der Waals surface area (Å²) in [7, 11) is 0. The summed E-state index contributed by atoms with van der Waals surface area (Å²) in [6.07, 6.45) is 10.1. The second-order valence-corrected chi connectivity index (χ2v) is 7.91. The average Bonchev–Trinajstić information content (AvgIpc) is 2.67. The molecule has 0 saturated carbocycles. The van der Waals surface area contributed by atoms with Crippen molar-refractivity contribution in [3.8, 4) is 0 Å². The van der Waals surface area contributed by atoms with E-state index in [0.29, 0.717) is 5.92 Å². The van der Waals surface area contributed by atoms with E-state index in [-0.39, 0.29) is 0 Å². The SMILES string of the molecule is C=C/C1=C(\C=C/C)N(C(=C)CCC(=C)NCC(C)C)Cc2ccccc2CC1. The number of hydrogen-bond acceptors (Lipinski definition) is 2. The highest BCUT2D eigenvalue weighted by molar-refractivity contribution is 5.39. The lowest BCUT2D eigenvalue weighted by molar-refractivity contribution is 0.406. The first kappa shape index (κ1) is 21.8. The molecule has 0 aliphatic carbocycles. The topological polar surface area (TPSA) is 15.3 Å². The van der Waals surface area contributed by atoms with Crippen molar-refractivity contribution in [1.82, 2.24) is 10.2 Å². The first-order valence-electron chi connectivity index (χ1n) is 10.4. The van der Waals surface area contributed by atoms with Crippen LogP contribution in [0.5, 0.6) is 0 Å². The summed E-state index contributed by atoms with van der Waals surface area (Å²) < 4.78 is 0. The Bertz CT molecular complexity index is 764. The molecule has 0 saturated heterocycles. The van der Waals surface area contributed by atoms with Crippen molar-refractivity contribution in [3.05, 3.63) is 96.0 Å². The van der Waals surface area contributed by atoms with Crippen LogP contribution in [0.15, 0.2) is 84.9 Å². The van der Waals surface area contributed by atoms with Crippen LogP contribution in [-0.4, -0.2) is 11.4 Å². The monoisotopic (exact) mass is 376 g/mol. The molecule has 28 heavy (non-hydrogen) atoms. The van der Waals surface area contributed by atoms with Gasteiger partial charge in [-0.15, -0.1) is 0 Å². The smallest absolute Gasteiger partial charge is 0.0481 e. The van der Waals surface area contributed by atoms with E-state index in [1.165, 1.54) is 22.4 Å². The standard InChI is InChI=1S/C26H36N2/c1-7-11-26-23(8-2)16-17-24-12-9-10-13-25(24)19-28(26)22(6)15-14-21(5)27-18-20(3)4/h7-13,20,27H,2,5-6,14-19H2,1,3-4H3/b11-7-,26-23-. The molecule has 0 fully saturated rings. The molecular formula is C26H36N2. The molecule has 0 spiro atoms. The highest BCUT2D eigenvalue weighted by atomic mass is 15.1. The van der Waals surface area contributed by atoms with E-state index in [2.05, 4.69) is 87.1 Å². The van der Waals surface area contributed by atoms with Gasteiger partial charge in [0.25, 0.3) is 0 Å². The minimum atomic E-state index is 0.616. The van der Waals surface area contributed by atoms with Crippen molar-refractivity contribution < 1.29 is 0 Å². The zero-order valence-corrected chi connectivity index (χ0v) is 17.9. The van der Waals surface area contributed by atoms with E-state index in [1.54, 1.807) is 0 Å². The summed E-state index contributed by atoms with van der Waals surface area (Å²) >= 11 is 0. The van der Waals surface area contributed by atoms with Crippen LogP contribution in [0, 0.1) is 5.92 Å². The van der Waals surface area contributed by atoms with Crippen LogP contribution >= 0.6 is 0 Å². The molecule has 2 heteroatoms. The number of hydrogen-bond donors (Lipinski definition) is 1. The van der Waals surface area contributed by atoms with Gasteiger partial charge in [-0.3, -0.25) is 0 Å². The Morgan fingerprint density at radius 3 is 2.50 bits per heavy atom. The Morgan fingerprint density at radius 2 is 1.86 bits per heavy atom. The Labute approximate surface area is 172 Å². The lowest BCUT2D eigenvalue weighted by Crippen LogP contribution is -2.25. The van der Waals surface area contributed by atoms with Crippen molar-refractivity contribution in [2.24, 2.45) is 5.92 Å². The quantitative estimate of drug-likeness (QED) is 0.529. The van der Waals surface area contributed by atoms with Crippen LogP contribution in [0.3, 0.4) is 0 Å². The van der Waals surface area contributed by atoms with Gasteiger partial charge in [-0.1, -0.05) is 70.0 Å². The summed E-state index contributed by atoms with van der Waals surface area (Å²) in [4.78, 5) is 2.37. The van der Waals surface area contributed by atoms with Gasteiger partial charge in [0, 0.05) is 30.2 Å². The average molecular weight is 377 g/mol. The summed E-state index contributed by atoms with van der Waals surface area (Å²) in [5.41, 5.74) is 7.51. The highest BCUT2D eigenvalue weighted by Gasteiger charge is 2.19. The van der Waals surface area contributed by atoms with Crippen LogP contribution in [0.1, 0.15) is 51.2 Å². The molecule has 1 aliphatic heterocycles. The zero-order valence-electron chi connectivity index (χ0n) is 17.9. The van der Waals surface area contributed by atoms with E-state index in [4.69, 9.17) is 0 Å². The molecule has 2 nitrogen and oxygen atoms in total. The molecule has 0 radical (unpaired) electrons. The third kappa shape index (κ3) is 6.02. The van der Waals surface area contributed by atoms with Gasteiger partial charge in [-0.05, 0) is 61.3 Å². The first-order chi connectivity index (χ1) is 13.5. The van der Waals surface area contributed by atoms with Crippen LogP contribution in [0.4, 0.5) is 0 Å². The Balaban J connectivity index is 2.24. The van der Waals surface area contributed by atoms with Crippen LogP contribution in [0.25, 0.3) is 0 Å². The molecule has 1 N–H and O–H groups in total. The number of fused-ring (bicyclic) bond motifs is 1. The second-order valence-electron chi connectivity index (χ2n) is 7.91. The Morgan fingerprint density at radius 1 is 1.14 bits per heavy atom. The van der Waals surface area contributed by atoms with Crippen molar-refractivity contribution in [2.75, 3.05) is 6.54 Å². The molecule has 1 aromatic rings. The number of nitrogens with one attached hydrogen (secondary N) is 1.